The Hall–Kier alpha value is -1.55. The maximum absolute atomic E-state index is 11.7. The number of aliphatic hydroxyl groups excluding tert-OH is 1. The SMILES string of the molecule is Cc1cccc(OC(C)C(=O)N[C@H](C)CO)c1. The fraction of sp³-hybridized carbons (Fsp3) is 0.462. The second-order valence-corrected chi connectivity index (χ2v) is 4.17. The van der Waals surface area contributed by atoms with Crippen LogP contribution in [0.25, 0.3) is 0 Å². The van der Waals surface area contributed by atoms with E-state index >= 15 is 0 Å². The number of carbonyl (C=O) groups is 1. The van der Waals surface area contributed by atoms with Crippen LogP contribution in [0.3, 0.4) is 0 Å². The van der Waals surface area contributed by atoms with Crippen LogP contribution in [0.15, 0.2) is 24.3 Å². The van der Waals surface area contributed by atoms with Gasteiger partial charge in [-0.05, 0) is 38.5 Å². The first kappa shape index (κ1) is 13.5. The molecule has 0 aromatic heterocycles. The summed E-state index contributed by atoms with van der Waals surface area (Å²) in [4.78, 5) is 11.7. The third-order valence-corrected chi connectivity index (χ3v) is 2.33. The fourth-order valence-corrected chi connectivity index (χ4v) is 1.35. The Balaban J connectivity index is 2.54. The van der Waals surface area contributed by atoms with E-state index in [-0.39, 0.29) is 18.6 Å². The molecule has 0 bridgehead atoms. The van der Waals surface area contributed by atoms with Crippen molar-refractivity contribution in [2.45, 2.75) is 32.9 Å². The van der Waals surface area contributed by atoms with E-state index in [9.17, 15) is 4.79 Å². The van der Waals surface area contributed by atoms with Gasteiger partial charge in [-0.3, -0.25) is 4.79 Å². The lowest BCUT2D eigenvalue weighted by Gasteiger charge is -2.17. The van der Waals surface area contributed by atoms with E-state index in [4.69, 9.17) is 9.84 Å². The van der Waals surface area contributed by atoms with Gasteiger partial charge >= 0.3 is 0 Å². The van der Waals surface area contributed by atoms with Crippen molar-refractivity contribution in [3.8, 4) is 5.75 Å². The molecule has 1 rings (SSSR count). The summed E-state index contributed by atoms with van der Waals surface area (Å²) in [6.07, 6.45) is -0.578. The van der Waals surface area contributed by atoms with Crippen molar-refractivity contribution in [3.05, 3.63) is 29.8 Å². The molecule has 2 N–H and O–H groups in total. The third kappa shape index (κ3) is 4.44. The van der Waals surface area contributed by atoms with E-state index in [2.05, 4.69) is 5.32 Å². The molecule has 0 aliphatic carbocycles. The van der Waals surface area contributed by atoms with Crippen molar-refractivity contribution in [3.63, 3.8) is 0 Å². The van der Waals surface area contributed by atoms with Crippen LogP contribution in [0, 0.1) is 6.92 Å². The first-order valence-electron chi connectivity index (χ1n) is 5.67. The Morgan fingerprint density at radius 3 is 2.76 bits per heavy atom. The van der Waals surface area contributed by atoms with E-state index in [0.29, 0.717) is 5.75 Å². The molecular formula is C13H19NO3. The summed E-state index contributed by atoms with van der Waals surface area (Å²) in [6, 6.07) is 7.27. The van der Waals surface area contributed by atoms with Crippen molar-refractivity contribution in [1.29, 1.82) is 0 Å². The van der Waals surface area contributed by atoms with Crippen molar-refractivity contribution in [2.75, 3.05) is 6.61 Å². The Morgan fingerprint density at radius 2 is 2.18 bits per heavy atom. The zero-order valence-corrected chi connectivity index (χ0v) is 10.4. The molecular weight excluding hydrogens is 218 g/mol. The predicted octanol–water partition coefficient (Wildman–Crippen LogP) is 1.26. The van der Waals surface area contributed by atoms with Gasteiger partial charge in [0.2, 0.25) is 0 Å². The molecule has 0 heterocycles. The minimum atomic E-state index is -0.578. The van der Waals surface area contributed by atoms with Crippen molar-refractivity contribution >= 4 is 5.91 Å². The molecule has 1 aromatic rings. The van der Waals surface area contributed by atoms with Gasteiger partial charge in [-0.2, -0.15) is 0 Å². The maximum atomic E-state index is 11.7. The molecule has 1 amide bonds. The molecule has 17 heavy (non-hydrogen) atoms. The minimum absolute atomic E-state index is 0.0805. The van der Waals surface area contributed by atoms with E-state index in [0.717, 1.165) is 5.56 Å². The zero-order valence-electron chi connectivity index (χ0n) is 10.4. The summed E-state index contributed by atoms with van der Waals surface area (Å²) in [5, 5.41) is 11.5. The molecule has 0 spiro atoms. The van der Waals surface area contributed by atoms with Gasteiger partial charge in [0.15, 0.2) is 6.10 Å². The fourth-order valence-electron chi connectivity index (χ4n) is 1.35. The number of rotatable bonds is 5. The number of carbonyl (C=O) groups excluding carboxylic acids is 1. The van der Waals surface area contributed by atoms with Gasteiger partial charge in [0, 0.05) is 6.04 Å². The van der Waals surface area contributed by atoms with Crippen LogP contribution in [0.2, 0.25) is 0 Å². The van der Waals surface area contributed by atoms with Crippen LogP contribution in [0.4, 0.5) is 0 Å². The standard InChI is InChI=1S/C13H19NO3/c1-9-5-4-6-12(7-9)17-11(3)13(16)14-10(2)8-15/h4-7,10-11,15H,8H2,1-3H3,(H,14,16)/t10-,11?/m1/s1. The second-order valence-electron chi connectivity index (χ2n) is 4.17. The average molecular weight is 237 g/mol. The summed E-state index contributed by atoms with van der Waals surface area (Å²) < 4.78 is 5.51. The maximum Gasteiger partial charge on any atom is 0.261 e. The molecule has 2 atom stereocenters. The van der Waals surface area contributed by atoms with E-state index in [1.54, 1.807) is 13.8 Å². The average Bonchev–Trinajstić information content (AvgIpc) is 2.28. The largest absolute Gasteiger partial charge is 0.481 e. The Labute approximate surface area is 102 Å². The highest BCUT2D eigenvalue weighted by atomic mass is 16.5. The van der Waals surface area contributed by atoms with Gasteiger partial charge in [0.1, 0.15) is 5.75 Å². The summed E-state index contributed by atoms with van der Waals surface area (Å²) >= 11 is 0. The molecule has 0 fully saturated rings. The van der Waals surface area contributed by atoms with Crippen LogP contribution in [-0.2, 0) is 4.79 Å². The Bertz CT molecular complexity index is 379. The summed E-state index contributed by atoms with van der Waals surface area (Å²) in [6.45, 7) is 5.30. The molecule has 0 saturated carbocycles. The van der Waals surface area contributed by atoms with Crippen molar-refractivity contribution in [1.82, 2.24) is 5.32 Å². The number of hydrogen-bond acceptors (Lipinski definition) is 3. The number of aryl methyl sites for hydroxylation is 1. The van der Waals surface area contributed by atoms with Crippen LogP contribution in [-0.4, -0.2) is 29.8 Å². The highest BCUT2D eigenvalue weighted by Crippen LogP contribution is 2.14. The van der Waals surface area contributed by atoms with Crippen LogP contribution >= 0.6 is 0 Å². The van der Waals surface area contributed by atoms with E-state index in [1.165, 1.54) is 0 Å². The smallest absolute Gasteiger partial charge is 0.261 e. The number of amides is 1. The van der Waals surface area contributed by atoms with Crippen LogP contribution in [0.1, 0.15) is 19.4 Å². The lowest BCUT2D eigenvalue weighted by molar-refractivity contribution is -0.128. The number of benzene rings is 1. The molecule has 0 aliphatic rings. The highest BCUT2D eigenvalue weighted by Gasteiger charge is 2.16. The van der Waals surface area contributed by atoms with Gasteiger partial charge < -0.3 is 15.2 Å². The number of hydrogen-bond donors (Lipinski definition) is 2. The quantitative estimate of drug-likeness (QED) is 0.810. The molecule has 4 nitrogen and oxygen atoms in total. The molecule has 4 heteroatoms. The topological polar surface area (TPSA) is 58.6 Å². The van der Waals surface area contributed by atoms with Crippen LogP contribution in [0.5, 0.6) is 5.75 Å². The third-order valence-electron chi connectivity index (χ3n) is 2.33. The van der Waals surface area contributed by atoms with E-state index < -0.39 is 6.10 Å². The van der Waals surface area contributed by atoms with E-state index in [1.807, 2.05) is 31.2 Å². The van der Waals surface area contributed by atoms with Gasteiger partial charge in [0.05, 0.1) is 6.61 Å². The van der Waals surface area contributed by atoms with Gasteiger partial charge in [0.25, 0.3) is 5.91 Å². The van der Waals surface area contributed by atoms with Gasteiger partial charge in [-0.15, -0.1) is 0 Å². The summed E-state index contributed by atoms with van der Waals surface area (Å²) in [7, 11) is 0. The summed E-state index contributed by atoms with van der Waals surface area (Å²) in [5.41, 5.74) is 1.08. The first-order chi connectivity index (χ1) is 8.02. The lowest BCUT2D eigenvalue weighted by Crippen LogP contribution is -2.42. The van der Waals surface area contributed by atoms with Crippen molar-refractivity contribution < 1.29 is 14.6 Å². The van der Waals surface area contributed by atoms with Crippen molar-refractivity contribution in [2.24, 2.45) is 0 Å². The number of aliphatic hydroxyl groups is 1. The van der Waals surface area contributed by atoms with Gasteiger partial charge in [-0.1, -0.05) is 12.1 Å². The summed E-state index contributed by atoms with van der Waals surface area (Å²) in [5.74, 6) is 0.442. The van der Waals surface area contributed by atoms with Gasteiger partial charge in [-0.25, -0.2) is 0 Å². The first-order valence-corrected chi connectivity index (χ1v) is 5.67. The molecule has 0 radical (unpaired) electrons. The Morgan fingerprint density at radius 1 is 1.47 bits per heavy atom. The number of ether oxygens (including phenoxy) is 1. The molecule has 1 aromatic carbocycles. The molecule has 0 aliphatic heterocycles. The predicted molar refractivity (Wildman–Crippen MR) is 66.0 cm³/mol. The zero-order chi connectivity index (χ0) is 12.8. The lowest BCUT2D eigenvalue weighted by atomic mass is 10.2. The second kappa shape index (κ2) is 6.25. The monoisotopic (exact) mass is 237 g/mol. The number of nitrogens with one attached hydrogen (secondary N) is 1. The minimum Gasteiger partial charge on any atom is -0.481 e. The molecule has 0 saturated heterocycles. The highest BCUT2D eigenvalue weighted by molar-refractivity contribution is 5.80. The molecule has 94 valence electrons. The Kier molecular flexibility index (Phi) is 4.97. The normalized spacial score (nSPS) is 13.9. The van der Waals surface area contributed by atoms with Crippen LogP contribution < -0.4 is 10.1 Å². The molecule has 1 unspecified atom stereocenters.